The molecule has 0 saturated carbocycles. The molecule has 0 nitrogen and oxygen atoms in total. The van der Waals surface area contributed by atoms with Gasteiger partial charge in [-0.05, 0) is 0 Å². The lowest BCUT2D eigenvalue weighted by atomic mass is 11.0. The second-order valence-corrected chi connectivity index (χ2v) is 11.2. The smallest absolute Gasteiger partial charge is 0.0305 e. The molecule has 2 heteroatoms. The number of rotatable bonds is 4. The quantitative estimate of drug-likeness (QED) is 0.598. The van der Waals surface area contributed by atoms with E-state index in [4.69, 9.17) is 0 Å². The molecule has 0 spiro atoms. The normalized spacial score (nSPS) is 14.2. The average molecular weight is 192 g/mol. The van der Waals surface area contributed by atoms with Gasteiger partial charge in [0.2, 0.25) is 0 Å². The minimum Gasteiger partial charge on any atom is -0.0776 e. The van der Waals surface area contributed by atoms with Crippen molar-refractivity contribution < 1.29 is 0 Å². The Labute approximate surface area is 77.6 Å². The minimum absolute atomic E-state index is 0. The fraction of sp³-hybridized carbons (Fsp3) is 1.00. The Morgan fingerprint density at radius 1 is 0.818 bits per heavy atom. The highest BCUT2D eigenvalue weighted by molar-refractivity contribution is 6.76. The fourth-order valence-electron chi connectivity index (χ4n) is 1.02. The molecule has 0 aliphatic rings. The second kappa shape index (κ2) is 10.4. The summed E-state index contributed by atoms with van der Waals surface area (Å²) in [7, 11) is -0.390. The van der Waals surface area contributed by atoms with Crippen molar-refractivity contribution in [2.75, 3.05) is 0 Å². The zero-order valence-electron chi connectivity index (χ0n) is 7.28. The molecular formula is C9H28Si2. The lowest BCUT2D eigenvalue weighted by molar-refractivity contribution is 1.36. The van der Waals surface area contributed by atoms with Gasteiger partial charge in [-0.25, -0.2) is 0 Å². The van der Waals surface area contributed by atoms with Gasteiger partial charge in [-0.15, -0.1) is 0 Å². The van der Waals surface area contributed by atoms with Gasteiger partial charge in [-0.2, -0.15) is 0 Å². The summed E-state index contributed by atoms with van der Waals surface area (Å²) in [6.45, 7) is 9.74. The van der Waals surface area contributed by atoms with E-state index in [1.54, 1.807) is 5.67 Å². The molecule has 0 amide bonds. The Morgan fingerprint density at radius 3 is 1.27 bits per heavy atom. The third kappa shape index (κ3) is 10.4. The van der Waals surface area contributed by atoms with Crippen LogP contribution in [0.1, 0.15) is 28.7 Å². The molecule has 11 heavy (non-hydrogen) atoms. The molecule has 0 heterocycles. The van der Waals surface area contributed by atoms with Gasteiger partial charge in [0.15, 0.2) is 0 Å². The first-order chi connectivity index (χ1) is 4.20. The zero-order valence-corrected chi connectivity index (χ0v) is 9.59. The fourth-order valence-corrected chi connectivity index (χ4v) is 9.18. The average Bonchev–Trinajstić information content (AvgIpc) is 1.87. The summed E-state index contributed by atoms with van der Waals surface area (Å²) in [5.41, 5.74) is 1.69. The third-order valence-corrected chi connectivity index (χ3v) is 11.4. The summed E-state index contributed by atoms with van der Waals surface area (Å²) in [6, 6.07) is 3.02. The van der Waals surface area contributed by atoms with Crippen LogP contribution in [0.25, 0.3) is 0 Å². The number of hydrogen-bond acceptors (Lipinski definition) is 0. The Morgan fingerprint density at radius 2 is 1.09 bits per heavy atom. The molecule has 2 unspecified atom stereocenters. The van der Waals surface area contributed by atoms with Gasteiger partial charge in [0.05, 0.1) is 0 Å². The van der Waals surface area contributed by atoms with Gasteiger partial charge in [0.25, 0.3) is 0 Å². The molecule has 0 radical (unpaired) electrons. The van der Waals surface area contributed by atoms with Crippen molar-refractivity contribution in [2.45, 2.75) is 59.6 Å². The SMILES string of the molecule is C.C.CC[SiH](C)C[SiH](C)CC. The first kappa shape index (κ1) is 17.5. The Balaban J connectivity index is -0.000000320. The molecule has 0 aromatic heterocycles. The van der Waals surface area contributed by atoms with Gasteiger partial charge in [-0.3, -0.25) is 0 Å². The summed E-state index contributed by atoms with van der Waals surface area (Å²) in [5, 5.41) is 0. The van der Waals surface area contributed by atoms with E-state index in [0.29, 0.717) is 0 Å². The lowest BCUT2D eigenvalue weighted by Gasteiger charge is -2.10. The van der Waals surface area contributed by atoms with Crippen LogP contribution >= 0.6 is 0 Å². The van der Waals surface area contributed by atoms with Crippen LogP contribution in [-0.2, 0) is 0 Å². The van der Waals surface area contributed by atoms with Crippen molar-refractivity contribution in [3.05, 3.63) is 0 Å². The van der Waals surface area contributed by atoms with E-state index >= 15 is 0 Å². The molecule has 0 N–H and O–H groups in total. The van der Waals surface area contributed by atoms with E-state index in [2.05, 4.69) is 26.9 Å². The summed E-state index contributed by atoms with van der Waals surface area (Å²) >= 11 is 0. The molecule has 0 rings (SSSR count). The van der Waals surface area contributed by atoms with Crippen LogP contribution in [0, 0.1) is 0 Å². The number of hydrogen-bond donors (Lipinski definition) is 0. The summed E-state index contributed by atoms with van der Waals surface area (Å²) in [5.74, 6) is 0. The van der Waals surface area contributed by atoms with Crippen molar-refractivity contribution in [1.29, 1.82) is 0 Å². The largest absolute Gasteiger partial charge is 0.0776 e. The Bertz CT molecular complexity index is 56.6. The van der Waals surface area contributed by atoms with Crippen LogP contribution in [0.2, 0.25) is 30.8 Å². The van der Waals surface area contributed by atoms with E-state index < -0.39 is 0 Å². The monoisotopic (exact) mass is 192 g/mol. The molecule has 0 bridgehead atoms. The van der Waals surface area contributed by atoms with Crippen molar-refractivity contribution in [2.24, 2.45) is 0 Å². The molecule has 0 aromatic carbocycles. The van der Waals surface area contributed by atoms with Crippen molar-refractivity contribution in [3.8, 4) is 0 Å². The zero-order chi connectivity index (χ0) is 7.28. The summed E-state index contributed by atoms with van der Waals surface area (Å²) < 4.78 is 0. The van der Waals surface area contributed by atoms with Crippen molar-refractivity contribution >= 4 is 17.6 Å². The van der Waals surface area contributed by atoms with Crippen LogP contribution in [0.3, 0.4) is 0 Å². The molecule has 0 fully saturated rings. The highest BCUT2D eigenvalue weighted by atomic mass is 28.3. The van der Waals surface area contributed by atoms with Crippen molar-refractivity contribution in [1.82, 2.24) is 0 Å². The highest BCUT2D eigenvalue weighted by Gasteiger charge is 2.06. The maximum atomic E-state index is 2.51. The summed E-state index contributed by atoms with van der Waals surface area (Å²) in [4.78, 5) is 0. The van der Waals surface area contributed by atoms with Crippen LogP contribution in [0.5, 0.6) is 0 Å². The standard InChI is InChI=1S/C7H20Si2.2CH4/c1-5-8(3)7-9(4)6-2;;/h8-9H,5-7H2,1-4H3;2*1H4. The van der Waals surface area contributed by atoms with E-state index in [0.717, 1.165) is 0 Å². The van der Waals surface area contributed by atoms with Crippen LogP contribution < -0.4 is 0 Å². The molecule has 0 aliphatic heterocycles. The van der Waals surface area contributed by atoms with Crippen LogP contribution in [-0.4, -0.2) is 17.6 Å². The third-order valence-electron chi connectivity index (χ3n) is 2.20. The van der Waals surface area contributed by atoms with Gasteiger partial charge < -0.3 is 0 Å². The minimum atomic E-state index is -0.195. The van der Waals surface area contributed by atoms with Gasteiger partial charge in [0.1, 0.15) is 0 Å². The maximum Gasteiger partial charge on any atom is 0.0305 e. The van der Waals surface area contributed by atoms with Crippen LogP contribution in [0.15, 0.2) is 0 Å². The van der Waals surface area contributed by atoms with Gasteiger partial charge in [0, 0.05) is 17.6 Å². The Kier molecular flexibility index (Phi) is 16.6. The van der Waals surface area contributed by atoms with Gasteiger partial charge >= 0.3 is 0 Å². The highest BCUT2D eigenvalue weighted by Crippen LogP contribution is 2.04. The molecular weight excluding hydrogens is 164 g/mol. The predicted octanol–water partition coefficient (Wildman–Crippen LogP) is 3.55. The molecule has 72 valence electrons. The molecule has 0 aromatic rings. The molecule has 0 saturated heterocycles. The lowest BCUT2D eigenvalue weighted by Crippen LogP contribution is -2.16. The maximum absolute atomic E-state index is 2.51. The van der Waals surface area contributed by atoms with E-state index in [9.17, 15) is 0 Å². The molecule has 0 aliphatic carbocycles. The van der Waals surface area contributed by atoms with E-state index in [1.165, 1.54) is 12.1 Å². The van der Waals surface area contributed by atoms with E-state index in [1.807, 2.05) is 0 Å². The molecule has 2 atom stereocenters. The second-order valence-electron chi connectivity index (χ2n) is 3.26. The topological polar surface area (TPSA) is 0 Å². The first-order valence-electron chi connectivity index (χ1n) is 4.20. The van der Waals surface area contributed by atoms with Crippen molar-refractivity contribution in [3.63, 3.8) is 0 Å². The van der Waals surface area contributed by atoms with E-state index in [-0.39, 0.29) is 32.4 Å². The predicted molar refractivity (Wildman–Crippen MR) is 65.3 cm³/mol. The summed E-state index contributed by atoms with van der Waals surface area (Å²) in [6.07, 6.45) is 0. The van der Waals surface area contributed by atoms with Crippen LogP contribution in [0.4, 0.5) is 0 Å². The first-order valence-corrected chi connectivity index (χ1v) is 9.78. The van der Waals surface area contributed by atoms with Gasteiger partial charge in [-0.1, -0.05) is 59.6 Å². The Hall–Kier alpha value is 0.434.